The van der Waals surface area contributed by atoms with E-state index in [-0.39, 0.29) is 4.21 Å². The summed E-state index contributed by atoms with van der Waals surface area (Å²) in [4.78, 5) is 11.7. The number of halogens is 1. The smallest absolute Gasteiger partial charge is 0.327 e. The molecule has 0 aliphatic carbocycles. The van der Waals surface area contributed by atoms with Crippen molar-refractivity contribution in [2.24, 2.45) is 0 Å². The van der Waals surface area contributed by atoms with Crippen molar-refractivity contribution in [2.75, 3.05) is 0 Å². The van der Waals surface area contributed by atoms with Crippen LogP contribution in [-0.2, 0) is 14.8 Å². The first-order chi connectivity index (χ1) is 9.31. The first kappa shape index (κ1) is 15.6. The highest BCUT2D eigenvalue weighted by molar-refractivity contribution is 9.11. The van der Waals surface area contributed by atoms with Gasteiger partial charge in [0.25, 0.3) is 10.0 Å². The highest BCUT2D eigenvalue weighted by Gasteiger charge is 2.29. The Morgan fingerprint density at radius 1 is 1.50 bits per heavy atom. The van der Waals surface area contributed by atoms with Crippen molar-refractivity contribution in [3.63, 3.8) is 0 Å². The number of aliphatic carboxylic acids is 1. The highest BCUT2D eigenvalue weighted by Crippen LogP contribution is 2.31. The van der Waals surface area contributed by atoms with Crippen LogP contribution in [0.5, 0.6) is 0 Å². The van der Waals surface area contributed by atoms with Gasteiger partial charge in [0.1, 0.15) is 4.21 Å². The first-order valence-electron chi connectivity index (χ1n) is 5.36. The van der Waals surface area contributed by atoms with E-state index in [9.17, 15) is 18.3 Å². The zero-order valence-electron chi connectivity index (χ0n) is 10.2. The van der Waals surface area contributed by atoms with Gasteiger partial charge in [0.05, 0.1) is 3.79 Å². The van der Waals surface area contributed by atoms with Crippen LogP contribution >= 0.6 is 38.6 Å². The summed E-state index contributed by atoms with van der Waals surface area (Å²) in [6.07, 6.45) is 0. The van der Waals surface area contributed by atoms with E-state index in [2.05, 4.69) is 20.7 Å². The van der Waals surface area contributed by atoms with Gasteiger partial charge in [-0.25, -0.2) is 8.42 Å². The summed E-state index contributed by atoms with van der Waals surface area (Å²) in [5.74, 6) is -1.23. The Bertz CT molecular complexity index is 701. The molecular formula is C11H10BrNO4S3. The molecule has 0 saturated carbocycles. The predicted molar refractivity (Wildman–Crippen MR) is 81.8 cm³/mol. The lowest BCUT2D eigenvalue weighted by Crippen LogP contribution is -2.32. The van der Waals surface area contributed by atoms with Gasteiger partial charge in [0.15, 0.2) is 6.04 Å². The van der Waals surface area contributed by atoms with Crippen molar-refractivity contribution in [1.82, 2.24) is 4.72 Å². The molecule has 0 spiro atoms. The fourth-order valence-electron chi connectivity index (χ4n) is 1.46. The number of aryl methyl sites for hydroxylation is 1. The van der Waals surface area contributed by atoms with Crippen LogP contribution in [0.25, 0.3) is 0 Å². The fourth-order valence-corrected chi connectivity index (χ4v) is 5.72. The van der Waals surface area contributed by atoms with E-state index in [0.29, 0.717) is 8.66 Å². The highest BCUT2D eigenvalue weighted by atomic mass is 79.9. The summed E-state index contributed by atoms with van der Waals surface area (Å²) in [5, 5.41) is 10.9. The van der Waals surface area contributed by atoms with Crippen LogP contribution in [0.2, 0.25) is 0 Å². The van der Waals surface area contributed by atoms with E-state index in [1.54, 1.807) is 24.4 Å². The van der Waals surface area contributed by atoms with Gasteiger partial charge in [-0.3, -0.25) is 4.79 Å². The lowest BCUT2D eigenvalue weighted by Gasteiger charge is -2.12. The van der Waals surface area contributed by atoms with E-state index < -0.39 is 22.0 Å². The second-order valence-corrected chi connectivity index (χ2v) is 9.22. The minimum Gasteiger partial charge on any atom is -0.480 e. The normalized spacial score (nSPS) is 13.3. The van der Waals surface area contributed by atoms with Crippen LogP contribution in [0.1, 0.15) is 16.5 Å². The molecule has 9 heteroatoms. The zero-order chi connectivity index (χ0) is 14.9. The number of rotatable bonds is 5. The van der Waals surface area contributed by atoms with Crippen LogP contribution in [0.15, 0.2) is 31.6 Å². The molecule has 0 aromatic carbocycles. The average molecular weight is 396 g/mol. The minimum atomic E-state index is -3.87. The van der Waals surface area contributed by atoms with Crippen LogP contribution in [-0.4, -0.2) is 19.5 Å². The molecule has 5 nitrogen and oxygen atoms in total. The maximum atomic E-state index is 12.2. The van der Waals surface area contributed by atoms with Crippen LogP contribution < -0.4 is 4.72 Å². The second-order valence-electron chi connectivity index (χ2n) is 3.93. The molecule has 0 aliphatic rings. The molecule has 2 rings (SSSR count). The molecule has 2 aromatic heterocycles. The Labute approximate surface area is 132 Å². The number of sulfonamides is 1. The lowest BCUT2D eigenvalue weighted by molar-refractivity contribution is -0.139. The summed E-state index contributed by atoms with van der Waals surface area (Å²) in [6, 6.07) is 3.49. The van der Waals surface area contributed by atoms with Crippen molar-refractivity contribution in [2.45, 2.75) is 17.2 Å². The predicted octanol–water partition coefficient (Wildman–Crippen LogP) is 2.98. The largest absolute Gasteiger partial charge is 0.480 e. The maximum Gasteiger partial charge on any atom is 0.327 e. The fraction of sp³-hybridized carbons (Fsp3) is 0.182. The molecule has 0 radical (unpaired) electrons. The molecule has 2 N–H and O–H groups in total. The molecule has 2 heterocycles. The number of nitrogens with one attached hydrogen (secondary N) is 1. The zero-order valence-corrected chi connectivity index (χ0v) is 14.2. The van der Waals surface area contributed by atoms with E-state index in [1.807, 2.05) is 0 Å². The maximum absolute atomic E-state index is 12.2. The Morgan fingerprint density at radius 3 is 2.65 bits per heavy atom. The molecule has 0 bridgehead atoms. The third-order valence-corrected chi connectivity index (χ3v) is 7.42. The number of carboxylic acid groups (broad SMARTS) is 1. The molecule has 1 unspecified atom stereocenters. The molecule has 2 aromatic rings. The number of hydrogen-bond acceptors (Lipinski definition) is 5. The van der Waals surface area contributed by atoms with Gasteiger partial charge in [-0.05, 0) is 45.9 Å². The van der Waals surface area contributed by atoms with Gasteiger partial charge in [-0.1, -0.05) is 6.07 Å². The minimum absolute atomic E-state index is 0.0877. The molecule has 0 amide bonds. The lowest BCUT2D eigenvalue weighted by atomic mass is 10.3. The van der Waals surface area contributed by atoms with Crippen molar-refractivity contribution < 1.29 is 18.3 Å². The van der Waals surface area contributed by atoms with E-state index in [0.717, 1.165) is 16.9 Å². The Morgan fingerprint density at radius 2 is 2.20 bits per heavy atom. The molecule has 0 saturated heterocycles. The van der Waals surface area contributed by atoms with Gasteiger partial charge in [0.2, 0.25) is 0 Å². The van der Waals surface area contributed by atoms with Gasteiger partial charge in [-0.15, -0.1) is 22.7 Å². The third kappa shape index (κ3) is 3.29. The van der Waals surface area contributed by atoms with Crippen LogP contribution in [0.4, 0.5) is 0 Å². The SMILES string of the molecule is Cc1cc(S(=O)(=O)NC(C(=O)O)c2cccs2)sc1Br. The molecule has 0 aliphatic heterocycles. The second kappa shape index (κ2) is 5.94. The molecule has 1 atom stereocenters. The van der Waals surface area contributed by atoms with Gasteiger partial charge in [0, 0.05) is 4.88 Å². The van der Waals surface area contributed by atoms with E-state index in [4.69, 9.17) is 0 Å². The topological polar surface area (TPSA) is 83.5 Å². The Hall–Kier alpha value is -0.740. The van der Waals surface area contributed by atoms with Crippen molar-refractivity contribution in [3.8, 4) is 0 Å². The number of carboxylic acids is 1. The average Bonchev–Trinajstić information content (AvgIpc) is 2.97. The van der Waals surface area contributed by atoms with Gasteiger partial charge >= 0.3 is 5.97 Å². The number of hydrogen-bond donors (Lipinski definition) is 2. The van der Waals surface area contributed by atoms with Crippen molar-refractivity contribution in [3.05, 3.63) is 37.8 Å². The summed E-state index contributed by atoms with van der Waals surface area (Å²) in [5.41, 5.74) is 0.790. The molecule has 20 heavy (non-hydrogen) atoms. The van der Waals surface area contributed by atoms with Gasteiger partial charge < -0.3 is 5.11 Å². The number of carbonyl (C=O) groups is 1. The quantitative estimate of drug-likeness (QED) is 0.814. The summed E-state index contributed by atoms with van der Waals surface area (Å²) in [7, 11) is -3.87. The Balaban J connectivity index is 2.33. The summed E-state index contributed by atoms with van der Waals surface area (Å²) < 4.78 is 27.5. The monoisotopic (exact) mass is 395 g/mol. The van der Waals surface area contributed by atoms with Gasteiger partial charge in [-0.2, -0.15) is 4.72 Å². The van der Waals surface area contributed by atoms with Crippen LogP contribution in [0, 0.1) is 6.92 Å². The first-order valence-corrected chi connectivity index (χ1v) is 9.33. The standard InChI is InChI=1S/C11H10BrNO4S3/c1-6-5-8(19-10(6)12)20(16,17)13-9(11(14)15)7-3-2-4-18-7/h2-5,9,13H,1H3,(H,14,15). The Kier molecular flexibility index (Phi) is 4.65. The van der Waals surface area contributed by atoms with E-state index in [1.165, 1.54) is 17.4 Å². The molecule has 108 valence electrons. The molecular weight excluding hydrogens is 386 g/mol. The summed E-state index contributed by atoms with van der Waals surface area (Å²) >= 11 is 5.49. The van der Waals surface area contributed by atoms with E-state index >= 15 is 0 Å². The molecule has 0 fully saturated rings. The van der Waals surface area contributed by atoms with Crippen LogP contribution in [0.3, 0.4) is 0 Å². The summed E-state index contributed by atoms with van der Waals surface area (Å²) in [6.45, 7) is 1.77. The number of thiophene rings is 2. The van der Waals surface area contributed by atoms with Crippen molar-refractivity contribution in [1.29, 1.82) is 0 Å². The third-order valence-electron chi connectivity index (χ3n) is 2.45. The van der Waals surface area contributed by atoms with Crippen molar-refractivity contribution >= 4 is 54.6 Å².